The summed E-state index contributed by atoms with van der Waals surface area (Å²) < 4.78 is 0. The zero-order valence-electron chi connectivity index (χ0n) is 8.82. The van der Waals surface area contributed by atoms with Gasteiger partial charge in [-0.3, -0.25) is 9.59 Å². The molecule has 1 saturated heterocycles. The number of carbonyl (C=O) groups is 2. The molecule has 1 aromatic carbocycles. The van der Waals surface area contributed by atoms with E-state index in [0.717, 1.165) is 0 Å². The van der Waals surface area contributed by atoms with Crippen molar-refractivity contribution in [1.82, 2.24) is 0 Å². The molecule has 2 N–H and O–H groups in total. The second-order valence-corrected chi connectivity index (χ2v) is 4.75. The van der Waals surface area contributed by atoms with Gasteiger partial charge in [-0.1, -0.05) is 23.2 Å². The van der Waals surface area contributed by atoms with Crippen LogP contribution in [0.5, 0.6) is 0 Å². The molecule has 2 rings (SSSR count). The predicted octanol–water partition coefficient (Wildman–Crippen LogP) is 1.83. The number of primary amides is 1. The number of anilines is 1. The van der Waals surface area contributed by atoms with Crippen LogP contribution in [0, 0.1) is 5.92 Å². The van der Waals surface area contributed by atoms with E-state index >= 15 is 0 Å². The van der Waals surface area contributed by atoms with Crippen molar-refractivity contribution in [1.29, 1.82) is 0 Å². The molecule has 0 radical (unpaired) electrons. The summed E-state index contributed by atoms with van der Waals surface area (Å²) in [5, 5.41) is 0.882. The summed E-state index contributed by atoms with van der Waals surface area (Å²) in [5.74, 6) is -1.07. The van der Waals surface area contributed by atoms with E-state index in [1.165, 1.54) is 4.90 Å². The highest BCUT2D eigenvalue weighted by Gasteiger charge is 2.34. The van der Waals surface area contributed by atoms with Crippen LogP contribution in [0.15, 0.2) is 18.2 Å². The van der Waals surface area contributed by atoms with E-state index in [1.807, 2.05) is 0 Å². The zero-order chi connectivity index (χ0) is 12.6. The van der Waals surface area contributed by atoms with Crippen molar-refractivity contribution in [2.24, 2.45) is 11.7 Å². The standard InChI is InChI=1S/C11H10Cl2N2O2/c12-7-1-2-9(8(13)4-7)15-5-6(11(14)17)3-10(15)16/h1-2,4,6H,3,5H2,(H2,14,17)/t6-/m1/s1. The Kier molecular flexibility index (Phi) is 3.26. The number of carbonyl (C=O) groups excluding carboxylic acids is 2. The van der Waals surface area contributed by atoms with Gasteiger partial charge in [0.1, 0.15) is 0 Å². The van der Waals surface area contributed by atoms with Gasteiger partial charge in [-0.15, -0.1) is 0 Å². The molecule has 1 aliphatic rings. The molecule has 1 atom stereocenters. The minimum Gasteiger partial charge on any atom is -0.369 e. The van der Waals surface area contributed by atoms with Gasteiger partial charge in [0.05, 0.1) is 16.6 Å². The van der Waals surface area contributed by atoms with Crippen LogP contribution in [0.2, 0.25) is 10.0 Å². The molecule has 0 saturated carbocycles. The lowest BCUT2D eigenvalue weighted by Gasteiger charge is -2.17. The summed E-state index contributed by atoms with van der Waals surface area (Å²) in [6, 6.07) is 4.86. The van der Waals surface area contributed by atoms with E-state index in [-0.39, 0.29) is 18.9 Å². The van der Waals surface area contributed by atoms with Gasteiger partial charge in [0.15, 0.2) is 0 Å². The predicted molar refractivity (Wildman–Crippen MR) is 66.1 cm³/mol. The van der Waals surface area contributed by atoms with Crippen molar-refractivity contribution >= 4 is 40.7 Å². The number of amides is 2. The van der Waals surface area contributed by atoms with Crippen LogP contribution in [-0.4, -0.2) is 18.4 Å². The summed E-state index contributed by atoms with van der Waals surface area (Å²) in [6.07, 6.45) is 0.133. The number of benzene rings is 1. The average molecular weight is 273 g/mol. The molecule has 17 heavy (non-hydrogen) atoms. The van der Waals surface area contributed by atoms with Crippen LogP contribution in [0.3, 0.4) is 0 Å². The second-order valence-electron chi connectivity index (χ2n) is 3.90. The number of hydrogen-bond donors (Lipinski definition) is 1. The highest BCUT2D eigenvalue weighted by molar-refractivity contribution is 6.36. The van der Waals surface area contributed by atoms with Crippen LogP contribution >= 0.6 is 23.2 Å². The Hall–Kier alpha value is -1.26. The van der Waals surface area contributed by atoms with Crippen LogP contribution in [0.1, 0.15) is 6.42 Å². The van der Waals surface area contributed by atoms with E-state index in [0.29, 0.717) is 15.7 Å². The molecule has 1 aliphatic heterocycles. The summed E-state index contributed by atoms with van der Waals surface area (Å²) in [7, 11) is 0. The van der Waals surface area contributed by atoms with E-state index in [9.17, 15) is 9.59 Å². The third-order valence-corrected chi connectivity index (χ3v) is 3.27. The van der Waals surface area contributed by atoms with Crippen molar-refractivity contribution in [3.8, 4) is 0 Å². The molecule has 0 unspecified atom stereocenters. The normalized spacial score (nSPS) is 19.8. The molecule has 1 fully saturated rings. The van der Waals surface area contributed by atoms with E-state index < -0.39 is 11.8 Å². The molecule has 4 nitrogen and oxygen atoms in total. The van der Waals surface area contributed by atoms with Crippen LogP contribution < -0.4 is 10.6 Å². The monoisotopic (exact) mass is 272 g/mol. The van der Waals surface area contributed by atoms with E-state index in [2.05, 4.69) is 0 Å². The highest BCUT2D eigenvalue weighted by atomic mass is 35.5. The lowest BCUT2D eigenvalue weighted by molar-refractivity contribution is -0.123. The molecule has 6 heteroatoms. The van der Waals surface area contributed by atoms with E-state index in [4.69, 9.17) is 28.9 Å². The van der Waals surface area contributed by atoms with Crippen molar-refractivity contribution in [3.05, 3.63) is 28.2 Å². The van der Waals surface area contributed by atoms with Crippen molar-refractivity contribution in [2.75, 3.05) is 11.4 Å². The SMILES string of the molecule is NC(=O)[C@@H]1CC(=O)N(c2ccc(Cl)cc2Cl)C1. The van der Waals surface area contributed by atoms with Crippen LogP contribution in [0.25, 0.3) is 0 Å². The second kappa shape index (κ2) is 4.55. The van der Waals surface area contributed by atoms with Gasteiger partial charge in [0, 0.05) is 18.0 Å². The first kappa shape index (κ1) is 12.2. The molecule has 2 amide bonds. The Balaban J connectivity index is 2.29. The number of nitrogens with zero attached hydrogens (tertiary/aromatic N) is 1. The van der Waals surface area contributed by atoms with Crippen molar-refractivity contribution < 1.29 is 9.59 Å². The number of nitrogens with two attached hydrogens (primary N) is 1. The van der Waals surface area contributed by atoms with Gasteiger partial charge in [0.25, 0.3) is 0 Å². The van der Waals surface area contributed by atoms with Gasteiger partial charge in [-0.25, -0.2) is 0 Å². The molecular weight excluding hydrogens is 263 g/mol. The zero-order valence-corrected chi connectivity index (χ0v) is 10.3. The molecule has 90 valence electrons. The van der Waals surface area contributed by atoms with Crippen molar-refractivity contribution in [2.45, 2.75) is 6.42 Å². The summed E-state index contributed by atoms with van der Waals surface area (Å²) in [6.45, 7) is 0.273. The fourth-order valence-electron chi connectivity index (χ4n) is 1.83. The maximum atomic E-state index is 11.8. The maximum absolute atomic E-state index is 11.8. The summed E-state index contributed by atoms with van der Waals surface area (Å²) in [4.78, 5) is 24.3. The van der Waals surface area contributed by atoms with Gasteiger partial charge >= 0.3 is 0 Å². The Morgan fingerprint density at radius 3 is 2.65 bits per heavy atom. The molecule has 0 aromatic heterocycles. The van der Waals surface area contributed by atoms with Crippen molar-refractivity contribution in [3.63, 3.8) is 0 Å². The summed E-state index contributed by atoms with van der Waals surface area (Å²) >= 11 is 11.8. The topological polar surface area (TPSA) is 63.4 Å². The Morgan fingerprint density at radius 2 is 2.12 bits per heavy atom. The lowest BCUT2D eigenvalue weighted by Crippen LogP contribution is -2.28. The molecule has 1 heterocycles. The molecular formula is C11H10Cl2N2O2. The lowest BCUT2D eigenvalue weighted by atomic mass is 10.1. The molecule has 0 spiro atoms. The fraction of sp³-hybridized carbons (Fsp3) is 0.273. The average Bonchev–Trinajstić information content (AvgIpc) is 2.61. The van der Waals surface area contributed by atoms with Gasteiger partial charge in [-0.2, -0.15) is 0 Å². The summed E-state index contributed by atoms with van der Waals surface area (Å²) in [5.41, 5.74) is 5.75. The third kappa shape index (κ3) is 2.37. The molecule has 0 bridgehead atoms. The van der Waals surface area contributed by atoms with Gasteiger partial charge in [-0.05, 0) is 18.2 Å². The first-order valence-corrected chi connectivity index (χ1v) is 5.79. The minimum absolute atomic E-state index is 0.133. The van der Waals surface area contributed by atoms with Gasteiger partial charge < -0.3 is 10.6 Å². The largest absolute Gasteiger partial charge is 0.369 e. The number of rotatable bonds is 2. The maximum Gasteiger partial charge on any atom is 0.227 e. The first-order valence-electron chi connectivity index (χ1n) is 5.04. The number of halogens is 2. The van der Waals surface area contributed by atoms with Crippen LogP contribution in [-0.2, 0) is 9.59 Å². The van der Waals surface area contributed by atoms with E-state index in [1.54, 1.807) is 18.2 Å². The molecule has 0 aliphatic carbocycles. The molecule has 1 aromatic rings. The minimum atomic E-state index is -0.467. The van der Waals surface area contributed by atoms with Gasteiger partial charge in [0.2, 0.25) is 11.8 Å². The van der Waals surface area contributed by atoms with Crippen LogP contribution in [0.4, 0.5) is 5.69 Å². The third-order valence-electron chi connectivity index (χ3n) is 2.73. The quantitative estimate of drug-likeness (QED) is 0.893. The first-order chi connectivity index (χ1) is 7.99. The number of hydrogen-bond acceptors (Lipinski definition) is 2. The Bertz CT molecular complexity index is 490. The Labute approximate surface area is 108 Å². The highest BCUT2D eigenvalue weighted by Crippen LogP contribution is 2.32. The fourth-order valence-corrected chi connectivity index (χ4v) is 2.34. The smallest absolute Gasteiger partial charge is 0.227 e. The Morgan fingerprint density at radius 1 is 1.41 bits per heavy atom.